The summed E-state index contributed by atoms with van der Waals surface area (Å²) in [6.45, 7) is 1.14. The minimum Gasteiger partial charge on any atom is -0.396 e. The molecular formula is C13H16N2O. The molecule has 0 aliphatic heterocycles. The van der Waals surface area contributed by atoms with Crippen molar-refractivity contribution in [1.29, 1.82) is 0 Å². The zero-order valence-corrected chi connectivity index (χ0v) is 9.19. The van der Waals surface area contributed by atoms with Crippen molar-refractivity contribution in [3.05, 3.63) is 36.5 Å². The highest BCUT2D eigenvalue weighted by Crippen LogP contribution is 2.15. The van der Waals surface area contributed by atoms with E-state index in [-0.39, 0.29) is 6.61 Å². The number of benzene rings is 1. The average molecular weight is 216 g/mol. The summed E-state index contributed by atoms with van der Waals surface area (Å²) in [4.78, 5) is 4.37. The summed E-state index contributed by atoms with van der Waals surface area (Å²) in [7, 11) is 0. The van der Waals surface area contributed by atoms with Crippen molar-refractivity contribution in [2.24, 2.45) is 0 Å². The van der Waals surface area contributed by atoms with Crippen molar-refractivity contribution in [3.8, 4) is 0 Å². The molecule has 0 fully saturated rings. The van der Waals surface area contributed by atoms with E-state index in [4.69, 9.17) is 5.11 Å². The number of hydrogen-bond donors (Lipinski definition) is 2. The summed E-state index contributed by atoms with van der Waals surface area (Å²) in [6.07, 6.45) is 3.67. The Hall–Kier alpha value is -1.61. The van der Waals surface area contributed by atoms with E-state index in [1.807, 2.05) is 24.4 Å². The number of rotatable bonds is 5. The minimum absolute atomic E-state index is 0.262. The predicted molar refractivity (Wildman–Crippen MR) is 66.6 cm³/mol. The number of pyridine rings is 1. The van der Waals surface area contributed by atoms with Crippen LogP contribution in [0.4, 0.5) is 5.69 Å². The second-order valence-electron chi connectivity index (χ2n) is 3.77. The van der Waals surface area contributed by atoms with Gasteiger partial charge in [0.2, 0.25) is 0 Å². The molecule has 0 bridgehead atoms. The van der Waals surface area contributed by atoms with Crippen molar-refractivity contribution < 1.29 is 5.11 Å². The van der Waals surface area contributed by atoms with Gasteiger partial charge in [-0.15, -0.1) is 0 Å². The lowest BCUT2D eigenvalue weighted by Gasteiger charge is -2.06. The van der Waals surface area contributed by atoms with E-state index in [9.17, 15) is 0 Å². The van der Waals surface area contributed by atoms with Crippen LogP contribution in [0.25, 0.3) is 10.9 Å². The molecule has 2 rings (SSSR count). The second-order valence-corrected chi connectivity index (χ2v) is 3.77. The van der Waals surface area contributed by atoms with Crippen molar-refractivity contribution in [2.45, 2.75) is 12.8 Å². The van der Waals surface area contributed by atoms with Crippen molar-refractivity contribution >= 4 is 16.6 Å². The molecule has 0 aliphatic carbocycles. The van der Waals surface area contributed by atoms with Crippen LogP contribution in [0, 0.1) is 0 Å². The lowest BCUT2D eigenvalue weighted by atomic mass is 10.2. The second kappa shape index (κ2) is 5.47. The number of aromatic nitrogens is 1. The fraction of sp³-hybridized carbons (Fsp3) is 0.308. The third-order valence-electron chi connectivity index (χ3n) is 2.50. The van der Waals surface area contributed by atoms with E-state index in [0.29, 0.717) is 0 Å². The number of nitrogens with one attached hydrogen (secondary N) is 1. The molecule has 3 nitrogen and oxygen atoms in total. The van der Waals surface area contributed by atoms with Gasteiger partial charge in [-0.2, -0.15) is 0 Å². The van der Waals surface area contributed by atoms with Gasteiger partial charge in [-0.25, -0.2) is 0 Å². The summed E-state index contributed by atoms with van der Waals surface area (Å²) in [5.74, 6) is 0. The number of anilines is 1. The molecular weight excluding hydrogens is 200 g/mol. The van der Waals surface area contributed by atoms with Gasteiger partial charge < -0.3 is 10.4 Å². The van der Waals surface area contributed by atoms with Gasteiger partial charge >= 0.3 is 0 Å². The molecule has 0 radical (unpaired) electrons. The number of unbranched alkanes of at least 4 members (excludes halogenated alkanes) is 1. The zero-order valence-electron chi connectivity index (χ0n) is 9.19. The Morgan fingerprint density at radius 2 is 2.06 bits per heavy atom. The van der Waals surface area contributed by atoms with Gasteiger partial charge in [0, 0.05) is 18.5 Å². The maximum Gasteiger partial charge on any atom is 0.0703 e. The number of fused-ring (bicyclic) bond motifs is 1. The van der Waals surface area contributed by atoms with Gasteiger partial charge in [0.1, 0.15) is 0 Å². The molecule has 16 heavy (non-hydrogen) atoms. The average Bonchev–Trinajstić information content (AvgIpc) is 2.34. The van der Waals surface area contributed by atoms with E-state index >= 15 is 0 Å². The van der Waals surface area contributed by atoms with Crippen LogP contribution < -0.4 is 5.32 Å². The molecule has 0 atom stereocenters. The smallest absolute Gasteiger partial charge is 0.0703 e. The fourth-order valence-corrected chi connectivity index (χ4v) is 1.64. The highest BCUT2D eigenvalue weighted by atomic mass is 16.2. The SMILES string of the molecule is OCCCCNc1cnc2ccccc2c1. The van der Waals surface area contributed by atoms with Gasteiger partial charge in [-0.05, 0) is 25.0 Å². The van der Waals surface area contributed by atoms with Gasteiger partial charge in [-0.1, -0.05) is 18.2 Å². The molecule has 0 spiro atoms. The van der Waals surface area contributed by atoms with Crippen molar-refractivity contribution in [2.75, 3.05) is 18.5 Å². The van der Waals surface area contributed by atoms with Gasteiger partial charge in [0.15, 0.2) is 0 Å². The third-order valence-corrected chi connectivity index (χ3v) is 2.50. The topological polar surface area (TPSA) is 45.1 Å². The van der Waals surface area contributed by atoms with Gasteiger partial charge in [-0.3, -0.25) is 4.98 Å². The highest BCUT2D eigenvalue weighted by molar-refractivity contribution is 5.81. The quantitative estimate of drug-likeness (QED) is 0.754. The normalized spacial score (nSPS) is 10.6. The van der Waals surface area contributed by atoms with Crippen molar-refractivity contribution in [1.82, 2.24) is 4.98 Å². The monoisotopic (exact) mass is 216 g/mol. The van der Waals surface area contributed by atoms with Crippen LogP contribution in [-0.2, 0) is 0 Å². The molecule has 0 saturated carbocycles. The molecule has 0 saturated heterocycles. The lowest BCUT2D eigenvalue weighted by molar-refractivity contribution is 0.286. The summed E-state index contributed by atoms with van der Waals surface area (Å²) in [5.41, 5.74) is 2.06. The van der Waals surface area contributed by atoms with Crippen LogP contribution in [-0.4, -0.2) is 23.2 Å². The first-order valence-corrected chi connectivity index (χ1v) is 5.59. The van der Waals surface area contributed by atoms with Crippen molar-refractivity contribution in [3.63, 3.8) is 0 Å². The molecule has 1 aromatic heterocycles. The molecule has 3 heteroatoms. The zero-order chi connectivity index (χ0) is 11.2. The Morgan fingerprint density at radius 3 is 2.94 bits per heavy atom. The van der Waals surface area contributed by atoms with E-state index in [2.05, 4.69) is 22.4 Å². The van der Waals surface area contributed by atoms with Crippen LogP contribution in [0.3, 0.4) is 0 Å². The summed E-state index contributed by atoms with van der Waals surface area (Å²) < 4.78 is 0. The Labute approximate surface area is 95.1 Å². The molecule has 1 heterocycles. The Balaban J connectivity index is 2.02. The molecule has 0 amide bonds. The lowest BCUT2D eigenvalue weighted by Crippen LogP contribution is -2.02. The van der Waals surface area contributed by atoms with E-state index < -0.39 is 0 Å². The van der Waals surface area contributed by atoms with E-state index in [1.165, 1.54) is 0 Å². The number of aliphatic hydroxyl groups excluding tert-OH is 1. The predicted octanol–water partition coefficient (Wildman–Crippen LogP) is 2.42. The molecule has 2 N–H and O–H groups in total. The molecule has 0 unspecified atom stereocenters. The van der Waals surface area contributed by atoms with Crippen LogP contribution in [0.1, 0.15) is 12.8 Å². The molecule has 0 aliphatic rings. The Bertz CT molecular complexity index is 456. The van der Waals surface area contributed by atoms with Crippen LogP contribution in [0.15, 0.2) is 36.5 Å². The first kappa shape index (κ1) is 10.9. The van der Waals surface area contributed by atoms with E-state index in [1.54, 1.807) is 0 Å². The molecule has 1 aromatic carbocycles. The van der Waals surface area contributed by atoms with Crippen LogP contribution in [0.2, 0.25) is 0 Å². The Morgan fingerprint density at radius 1 is 1.19 bits per heavy atom. The maximum absolute atomic E-state index is 8.66. The number of aliphatic hydroxyl groups is 1. The number of nitrogens with zero attached hydrogens (tertiary/aromatic N) is 1. The Kier molecular flexibility index (Phi) is 3.72. The first-order valence-electron chi connectivity index (χ1n) is 5.59. The summed E-state index contributed by atoms with van der Waals surface area (Å²) >= 11 is 0. The van der Waals surface area contributed by atoms with E-state index in [0.717, 1.165) is 36.0 Å². The van der Waals surface area contributed by atoms with Crippen LogP contribution in [0.5, 0.6) is 0 Å². The summed E-state index contributed by atoms with van der Waals surface area (Å²) in [6, 6.07) is 10.2. The van der Waals surface area contributed by atoms with Gasteiger partial charge in [0.05, 0.1) is 17.4 Å². The van der Waals surface area contributed by atoms with Crippen LogP contribution >= 0.6 is 0 Å². The standard InChI is InChI=1S/C13H16N2O/c16-8-4-3-7-14-12-9-11-5-1-2-6-13(11)15-10-12/h1-2,5-6,9-10,14,16H,3-4,7-8H2. The largest absolute Gasteiger partial charge is 0.396 e. The summed E-state index contributed by atoms with van der Waals surface area (Å²) in [5, 5.41) is 13.1. The highest BCUT2D eigenvalue weighted by Gasteiger charge is 1.96. The third kappa shape index (κ3) is 2.70. The number of hydrogen-bond acceptors (Lipinski definition) is 3. The number of para-hydroxylation sites is 1. The molecule has 2 aromatic rings. The maximum atomic E-state index is 8.66. The first-order chi connectivity index (χ1) is 7.90. The minimum atomic E-state index is 0.262. The molecule has 84 valence electrons. The fourth-order valence-electron chi connectivity index (χ4n) is 1.64. The van der Waals surface area contributed by atoms with Gasteiger partial charge in [0.25, 0.3) is 0 Å².